The monoisotopic (exact) mass is 232 g/mol. The average molecular weight is 232 g/mol. The molecule has 94 valence electrons. The molecule has 1 aromatic heterocycles. The zero-order valence-corrected chi connectivity index (χ0v) is 11.7. The van der Waals surface area contributed by atoms with Crippen LogP contribution in [-0.2, 0) is 6.42 Å². The topological polar surface area (TPSA) is 7.12 Å². The van der Waals surface area contributed by atoms with Crippen molar-refractivity contribution >= 4 is 12.0 Å². The first-order chi connectivity index (χ1) is 8.13. The van der Waals surface area contributed by atoms with Crippen molar-refractivity contribution in [3.63, 3.8) is 0 Å². The fourth-order valence-electron chi connectivity index (χ4n) is 3.45. The second-order valence-electron chi connectivity index (χ2n) is 5.80. The predicted molar refractivity (Wildman–Crippen MR) is 76.2 cm³/mol. The van der Waals surface area contributed by atoms with Gasteiger partial charge in [-0.1, -0.05) is 20.3 Å². The lowest BCUT2D eigenvalue weighted by atomic mass is 9.28. The van der Waals surface area contributed by atoms with Crippen molar-refractivity contribution in [1.82, 2.24) is 0 Å². The molecule has 0 aliphatic carbocycles. The van der Waals surface area contributed by atoms with Crippen LogP contribution >= 0.6 is 0 Å². The highest BCUT2D eigenvalue weighted by Gasteiger charge is 2.37. The highest BCUT2D eigenvalue weighted by Crippen LogP contribution is 2.26. The first-order valence-corrected chi connectivity index (χ1v) is 7.05. The van der Waals surface area contributed by atoms with Crippen molar-refractivity contribution < 1.29 is 4.48 Å². The molecule has 0 radical (unpaired) electrons. The Kier molecular flexibility index (Phi) is 3.46. The zero-order chi connectivity index (χ0) is 12.5. The Morgan fingerprint density at radius 2 is 2.00 bits per heavy atom. The van der Waals surface area contributed by atoms with E-state index >= 15 is 0 Å². The molecule has 0 saturated heterocycles. The van der Waals surface area contributed by atoms with Gasteiger partial charge in [0.1, 0.15) is 11.9 Å². The van der Waals surface area contributed by atoms with Gasteiger partial charge in [-0.05, 0) is 0 Å². The van der Waals surface area contributed by atoms with E-state index in [4.69, 9.17) is 0 Å². The van der Waals surface area contributed by atoms with Crippen LogP contribution in [0.3, 0.4) is 0 Å². The van der Waals surface area contributed by atoms with Gasteiger partial charge in [-0.15, -0.1) is 19.0 Å². The summed E-state index contributed by atoms with van der Waals surface area (Å²) in [7, 11) is 4.24. The summed E-state index contributed by atoms with van der Waals surface area (Å²) in [5.41, 5.74) is 2.86. The van der Waals surface area contributed by atoms with E-state index in [1.54, 1.807) is 0 Å². The van der Waals surface area contributed by atoms with Crippen molar-refractivity contribution in [2.45, 2.75) is 45.6 Å². The van der Waals surface area contributed by atoms with Crippen LogP contribution in [0.25, 0.3) is 0 Å². The smallest absolute Gasteiger partial charge is 0.278 e. The van der Waals surface area contributed by atoms with Gasteiger partial charge in [0.15, 0.2) is 0 Å². The molecule has 0 unspecified atom stereocenters. The third kappa shape index (κ3) is 2.07. The Labute approximate surface area is 106 Å². The molecule has 0 amide bonds. The van der Waals surface area contributed by atoms with Crippen LogP contribution in [0.5, 0.6) is 0 Å². The molecule has 17 heavy (non-hydrogen) atoms. The molecule has 1 aromatic rings. The number of pyridine rings is 1. The van der Waals surface area contributed by atoms with Crippen molar-refractivity contribution in [1.29, 1.82) is 0 Å². The van der Waals surface area contributed by atoms with E-state index in [0.717, 1.165) is 0 Å². The first kappa shape index (κ1) is 12.5. The van der Waals surface area contributed by atoms with E-state index in [0.29, 0.717) is 0 Å². The molecule has 1 aliphatic heterocycles. The Morgan fingerprint density at radius 1 is 1.29 bits per heavy atom. The summed E-state index contributed by atoms with van der Waals surface area (Å²) < 4.78 is 2.61. The van der Waals surface area contributed by atoms with Crippen LogP contribution in [0.15, 0.2) is 18.3 Å². The molecule has 0 spiro atoms. The van der Waals surface area contributed by atoms with Gasteiger partial charge in [-0.2, -0.15) is 0 Å². The fourth-order valence-corrected chi connectivity index (χ4v) is 3.45. The summed E-state index contributed by atoms with van der Waals surface area (Å²) in [5.74, 6) is 0. The number of aromatic nitrogens is 1. The zero-order valence-electron chi connectivity index (χ0n) is 11.7. The molecule has 2 nitrogen and oxygen atoms in total. The van der Waals surface area contributed by atoms with Gasteiger partial charge in [0.2, 0.25) is 0 Å². The Bertz CT molecular complexity index is 397. The summed E-state index contributed by atoms with van der Waals surface area (Å²) in [6.07, 6.45) is 8.59. The third-order valence-electron chi connectivity index (χ3n) is 4.85. The van der Waals surface area contributed by atoms with Gasteiger partial charge in [-0.3, -0.25) is 0 Å². The molecule has 0 fully saturated rings. The Hall–Kier alpha value is -0.985. The van der Waals surface area contributed by atoms with Gasteiger partial charge in [0, 0.05) is 38.3 Å². The maximum atomic E-state index is 2.61. The van der Waals surface area contributed by atoms with E-state index in [9.17, 15) is 0 Å². The van der Waals surface area contributed by atoms with Crippen molar-refractivity contribution in [2.24, 2.45) is 0 Å². The Morgan fingerprint density at radius 3 is 2.59 bits per heavy atom. The van der Waals surface area contributed by atoms with E-state index in [-0.39, 0.29) is 6.28 Å². The maximum absolute atomic E-state index is 2.61. The van der Waals surface area contributed by atoms with E-state index in [1.165, 1.54) is 43.2 Å². The lowest BCUT2D eigenvalue weighted by Crippen LogP contribution is -2.67. The number of anilines is 1. The summed E-state index contributed by atoms with van der Waals surface area (Å²) in [6, 6.07) is 4.64. The van der Waals surface area contributed by atoms with Crippen molar-refractivity contribution in [3.05, 3.63) is 24.0 Å². The minimum Gasteiger partial charge on any atom is -0.424 e. The maximum Gasteiger partial charge on any atom is 0.278 e. The lowest BCUT2D eigenvalue weighted by Gasteiger charge is -2.37. The molecule has 3 heteroatoms. The summed E-state index contributed by atoms with van der Waals surface area (Å²) >= 11 is 0. The number of fused-ring (bicyclic) bond motifs is 1. The molecular weight excluding hydrogens is 207 g/mol. The molecule has 0 aromatic carbocycles. The van der Waals surface area contributed by atoms with E-state index in [2.05, 4.69) is 55.7 Å². The van der Waals surface area contributed by atoms with Crippen molar-refractivity contribution in [2.75, 3.05) is 19.0 Å². The normalized spacial score (nSPS) is 17.6. The Balaban J connectivity index is 2.46. The number of nitrogens with zero attached hydrogens (tertiary/aromatic N) is 2. The molecule has 0 atom stereocenters. The summed E-state index contributed by atoms with van der Waals surface area (Å²) in [6.45, 7) is 4.71. The number of aryl methyl sites for hydroxylation is 1. The quantitative estimate of drug-likeness (QED) is 0.727. The van der Waals surface area contributed by atoms with Crippen molar-refractivity contribution in [3.8, 4) is 0 Å². The van der Waals surface area contributed by atoms with Crippen LogP contribution in [0.4, 0.5) is 5.69 Å². The van der Waals surface area contributed by atoms with Crippen LogP contribution in [0.1, 0.15) is 26.0 Å². The highest BCUT2D eigenvalue weighted by atomic mass is 15.1. The second kappa shape index (κ2) is 4.71. The van der Waals surface area contributed by atoms with Crippen LogP contribution in [-0.4, -0.2) is 20.4 Å². The molecule has 1 aliphatic rings. The number of hydrogen-bond acceptors (Lipinski definition) is 1. The standard InChI is InChI=1S/C14H25BN2/c1-5-15(6-2)10-7-8-14-12-13(16(3)4)9-11-17(14)15/h9,11-12H,5-8,10H2,1-4H3. The SMILES string of the molecule is CC[B-]1(CC)CCCc2cc(N(C)C)cc[n+]21. The lowest BCUT2D eigenvalue weighted by molar-refractivity contribution is -0.561. The summed E-state index contributed by atoms with van der Waals surface area (Å²) in [4.78, 5) is 2.20. The average Bonchev–Trinajstić information content (AvgIpc) is 2.37. The van der Waals surface area contributed by atoms with Gasteiger partial charge in [-0.25, -0.2) is 0 Å². The third-order valence-corrected chi connectivity index (χ3v) is 4.85. The minimum atomic E-state index is -0.339. The fraction of sp³-hybridized carbons (Fsp3) is 0.643. The number of rotatable bonds is 3. The minimum absolute atomic E-state index is 0.339. The van der Waals surface area contributed by atoms with E-state index < -0.39 is 0 Å². The molecule has 0 N–H and O–H groups in total. The molecule has 0 bridgehead atoms. The van der Waals surface area contributed by atoms with E-state index in [1.807, 2.05) is 0 Å². The predicted octanol–water partition coefficient (Wildman–Crippen LogP) is 2.82. The number of hydrogen-bond donors (Lipinski definition) is 0. The molecule has 2 heterocycles. The molecule has 2 rings (SSSR count). The van der Waals surface area contributed by atoms with Gasteiger partial charge in [0.25, 0.3) is 6.28 Å². The second-order valence-corrected chi connectivity index (χ2v) is 5.80. The van der Waals surface area contributed by atoms with Gasteiger partial charge in [0.05, 0.1) is 0 Å². The first-order valence-electron chi connectivity index (χ1n) is 7.05. The van der Waals surface area contributed by atoms with Gasteiger partial charge >= 0.3 is 0 Å². The highest BCUT2D eigenvalue weighted by molar-refractivity contribution is 6.71. The van der Waals surface area contributed by atoms with Crippen LogP contribution in [0, 0.1) is 0 Å². The van der Waals surface area contributed by atoms with Crippen LogP contribution < -0.4 is 9.38 Å². The van der Waals surface area contributed by atoms with Crippen LogP contribution in [0.2, 0.25) is 19.0 Å². The van der Waals surface area contributed by atoms with Gasteiger partial charge < -0.3 is 9.38 Å². The summed E-state index contributed by atoms with van der Waals surface area (Å²) in [5, 5.41) is 0. The largest absolute Gasteiger partial charge is 0.424 e. The molecule has 0 saturated carbocycles. The molecular formula is C14H25BN2.